The van der Waals surface area contributed by atoms with Crippen molar-refractivity contribution >= 4 is 16.1 Å². The highest BCUT2D eigenvalue weighted by Crippen LogP contribution is 2.35. The first-order valence-corrected chi connectivity index (χ1v) is 9.60. The highest BCUT2D eigenvalue weighted by molar-refractivity contribution is 7.89. The molecule has 132 valence electrons. The summed E-state index contributed by atoms with van der Waals surface area (Å²) in [7, 11) is -3.52. The molecule has 0 aromatic heterocycles. The zero-order chi connectivity index (χ0) is 17.7. The number of ether oxygens (including phenoxy) is 1. The predicted molar refractivity (Wildman–Crippen MR) is 90.2 cm³/mol. The van der Waals surface area contributed by atoms with Gasteiger partial charge in [0.15, 0.2) is 0 Å². The van der Waals surface area contributed by atoms with Crippen LogP contribution in [0.2, 0.25) is 0 Å². The minimum atomic E-state index is -3.52. The number of nitrogens with zero attached hydrogens (tertiary/aromatic N) is 2. The summed E-state index contributed by atoms with van der Waals surface area (Å²) < 4.78 is 32.7. The van der Waals surface area contributed by atoms with Crippen LogP contribution in [0.3, 0.4) is 0 Å². The second-order valence-corrected chi connectivity index (χ2v) is 9.46. The van der Waals surface area contributed by atoms with E-state index in [1.165, 1.54) is 4.31 Å². The Kier molecular flexibility index (Phi) is 4.12. The van der Waals surface area contributed by atoms with Crippen LogP contribution in [-0.4, -0.2) is 54.5 Å². The molecular weight excluding hydrogens is 328 g/mol. The van der Waals surface area contributed by atoms with Crippen molar-refractivity contribution in [3.63, 3.8) is 0 Å². The van der Waals surface area contributed by atoms with Gasteiger partial charge in [0, 0.05) is 19.1 Å². The van der Waals surface area contributed by atoms with E-state index in [-0.39, 0.29) is 18.2 Å². The average Bonchev–Trinajstić information content (AvgIpc) is 3.05. The molecule has 1 aromatic rings. The first-order valence-electron chi connectivity index (χ1n) is 8.16. The fourth-order valence-corrected chi connectivity index (χ4v) is 5.15. The van der Waals surface area contributed by atoms with Crippen LogP contribution >= 0.6 is 0 Å². The van der Waals surface area contributed by atoms with E-state index in [9.17, 15) is 13.2 Å². The van der Waals surface area contributed by atoms with Gasteiger partial charge in [-0.15, -0.1) is 0 Å². The fourth-order valence-electron chi connectivity index (χ4n) is 3.38. The van der Waals surface area contributed by atoms with E-state index in [4.69, 9.17) is 4.74 Å². The van der Waals surface area contributed by atoms with Crippen LogP contribution < -0.4 is 0 Å². The van der Waals surface area contributed by atoms with E-state index >= 15 is 0 Å². The third-order valence-electron chi connectivity index (χ3n) is 4.41. The smallest absolute Gasteiger partial charge is 0.410 e. The number of carbonyl (C=O) groups is 1. The second-order valence-electron chi connectivity index (χ2n) is 7.57. The van der Waals surface area contributed by atoms with Crippen molar-refractivity contribution in [1.29, 1.82) is 0 Å². The van der Waals surface area contributed by atoms with E-state index < -0.39 is 15.6 Å². The number of carbonyl (C=O) groups excluding carboxylic acids is 1. The van der Waals surface area contributed by atoms with Crippen LogP contribution in [0.25, 0.3) is 0 Å². The molecule has 2 saturated heterocycles. The zero-order valence-corrected chi connectivity index (χ0v) is 15.3. The number of amides is 1. The van der Waals surface area contributed by atoms with Gasteiger partial charge < -0.3 is 9.64 Å². The summed E-state index contributed by atoms with van der Waals surface area (Å²) in [5, 5.41) is 0. The van der Waals surface area contributed by atoms with Crippen molar-refractivity contribution in [2.45, 2.75) is 56.7 Å². The number of aryl methyl sites for hydroxylation is 1. The van der Waals surface area contributed by atoms with Crippen molar-refractivity contribution in [1.82, 2.24) is 9.21 Å². The zero-order valence-electron chi connectivity index (χ0n) is 14.5. The molecule has 0 N–H and O–H groups in total. The minimum absolute atomic E-state index is 0.107. The molecule has 0 saturated carbocycles. The summed E-state index contributed by atoms with van der Waals surface area (Å²) in [6.45, 7) is 8.08. The molecule has 7 heteroatoms. The summed E-state index contributed by atoms with van der Waals surface area (Å²) in [5.74, 6) is 0. The molecule has 2 bridgehead atoms. The lowest BCUT2D eigenvalue weighted by Gasteiger charge is -2.34. The first-order chi connectivity index (χ1) is 11.1. The monoisotopic (exact) mass is 352 g/mol. The van der Waals surface area contributed by atoms with Crippen molar-refractivity contribution < 1.29 is 17.9 Å². The molecule has 3 rings (SSSR count). The summed E-state index contributed by atoms with van der Waals surface area (Å²) in [6, 6.07) is 6.66. The number of piperazine rings is 1. The Morgan fingerprint density at radius 1 is 1.21 bits per heavy atom. The summed E-state index contributed by atoms with van der Waals surface area (Å²) in [6.07, 6.45) is 0.312. The Labute approximate surface area is 143 Å². The maximum atomic E-state index is 12.9. The van der Waals surface area contributed by atoms with Gasteiger partial charge >= 0.3 is 6.09 Å². The molecule has 0 spiro atoms. The van der Waals surface area contributed by atoms with Crippen LogP contribution in [0, 0.1) is 6.92 Å². The van der Waals surface area contributed by atoms with Gasteiger partial charge in [-0.25, -0.2) is 13.2 Å². The molecule has 0 radical (unpaired) electrons. The Hall–Kier alpha value is -1.60. The second kappa shape index (κ2) is 5.74. The van der Waals surface area contributed by atoms with Crippen molar-refractivity contribution in [2.24, 2.45) is 0 Å². The predicted octanol–water partition coefficient (Wildman–Crippen LogP) is 2.38. The average molecular weight is 352 g/mol. The Morgan fingerprint density at radius 2 is 1.92 bits per heavy atom. The van der Waals surface area contributed by atoms with Gasteiger partial charge in [0.05, 0.1) is 10.9 Å². The lowest BCUT2D eigenvalue weighted by molar-refractivity contribution is 0.0173. The molecule has 2 unspecified atom stereocenters. The third-order valence-corrected chi connectivity index (χ3v) is 6.33. The van der Waals surface area contributed by atoms with Gasteiger partial charge in [-0.05, 0) is 51.8 Å². The third kappa shape index (κ3) is 3.15. The van der Waals surface area contributed by atoms with Crippen molar-refractivity contribution in [3.05, 3.63) is 29.8 Å². The van der Waals surface area contributed by atoms with E-state index in [1.54, 1.807) is 23.1 Å². The maximum absolute atomic E-state index is 12.9. The molecule has 0 aliphatic carbocycles. The Balaban J connectivity index is 1.75. The summed E-state index contributed by atoms with van der Waals surface area (Å²) in [4.78, 5) is 14.2. The molecule has 1 amide bonds. The first kappa shape index (κ1) is 17.2. The molecule has 2 aliphatic rings. The molecule has 2 atom stereocenters. The number of hydrogen-bond donors (Lipinski definition) is 0. The standard InChI is InChI=1S/C17H24N2O4S/c1-12-6-5-7-15(8-12)24(21,22)19-11-13-9-14(19)10-18(13)16(20)23-17(2,3)4/h5-8,13-14H,9-11H2,1-4H3. The number of rotatable bonds is 2. The van der Waals surface area contributed by atoms with Crippen molar-refractivity contribution in [3.8, 4) is 0 Å². The van der Waals surface area contributed by atoms with E-state index in [0.29, 0.717) is 24.4 Å². The molecule has 2 aliphatic heterocycles. The largest absolute Gasteiger partial charge is 0.444 e. The van der Waals surface area contributed by atoms with Crippen molar-refractivity contribution in [2.75, 3.05) is 13.1 Å². The molecule has 2 heterocycles. The molecule has 2 fully saturated rings. The van der Waals surface area contributed by atoms with E-state index in [2.05, 4.69) is 0 Å². The number of likely N-dealkylation sites (tertiary alicyclic amines) is 1. The quantitative estimate of drug-likeness (QED) is 0.820. The molecule has 6 nitrogen and oxygen atoms in total. The molecular formula is C17H24N2O4S. The number of sulfonamides is 1. The highest BCUT2D eigenvalue weighted by Gasteiger charge is 2.50. The van der Waals surface area contributed by atoms with Crippen LogP contribution in [0.1, 0.15) is 32.8 Å². The van der Waals surface area contributed by atoms with Gasteiger partial charge in [0.1, 0.15) is 5.60 Å². The van der Waals surface area contributed by atoms with Gasteiger partial charge in [-0.3, -0.25) is 0 Å². The summed E-state index contributed by atoms with van der Waals surface area (Å²) in [5.41, 5.74) is 0.363. The minimum Gasteiger partial charge on any atom is -0.444 e. The van der Waals surface area contributed by atoms with Gasteiger partial charge in [0.2, 0.25) is 10.0 Å². The van der Waals surface area contributed by atoms with E-state index in [0.717, 1.165) is 5.56 Å². The normalized spacial score (nSPS) is 24.4. The SMILES string of the molecule is Cc1cccc(S(=O)(=O)N2CC3CC2CN3C(=O)OC(C)(C)C)c1. The fraction of sp³-hybridized carbons (Fsp3) is 0.588. The van der Waals surface area contributed by atoms with Gasteiger partial charge in [-0.2, -0.15) is 4.31 Å². The van der Waals surface area contributed by atoms with Crippen LogP contribution in [0.15, 0.2) is 29.2 Å². The summed E-state index contributed by atoms with van der Waals surface area (Å²) >= 11 is 0. The highest BCUT2D eigenvalue weighted by atomic mass is 32.2. The lowest BCUT2D eigenvalue weighted by atomic mass is 10.2. The lowest BCUT2D eigenvalue weighted by Crippen LogP contribution is -2.51. The Bertz CT molecular complexity index is 754. The van der Waals surface area contributed by atoms with Crippen LogP contribution in [-0.2, 0) is 14.8 Å². The van der Waals surface area contributed by atoms with Gasteiger partial charge in [-0.1, -0.05) is 12.1 Å². The van der Waals surface area contributed by atoms with Crippen LogP contribution in [0.4, 0.5) is 4.79 Å². The number of hydrogen-bond acceptors (Lipinski definition) is 4. The molecule has 24 heavy (non-hydrogen) atoms. The number of fused-ring (bicyclic) bond motifs is 2. The van der Waals surface area contributed by atoms with Gasteiger partial charge in [0.25, 0.3) is 0 Å². The number of benzene rings is 1. The maximum Gasteiger partial charge on any atom is 0.410 e. The van der Waals surface area contributed by atoms with E-state index in [1.807, 2.05) is 33.8 Å². The van der Waals surface area contributed by atoms with Crippen LogP contribution in [0.5, 0.6) is 0 Å². The molecule has 1 aromatic carbocycles. The topological polar surface area (TPSA) is 66.9 Å². The Morgan fingerprint density at radius 3 is 2.46 bits per heavy atom.